The van der Waals surface area contributed by atoms with Gasteiger partial charge in [-0.25, -0.2) is 0 Å². The van der Waals surface area contributed by atoms with Gasteiger partial charge in [0, 0.05) is 13.1 Å². The summed E-state index contributed by atoms with van der Waals surface area (Å²) in [5.74, 6) is 0.0394. The summed E-state index contributed by atoms with van der Waals surface area (Å²) in [6, 6.07) is 10.2. The Morgan fingerprint density at radius 3 is 2.38 bits per heavy atom. The molecule has 0 aliphatic carbocycles. The van der Waals surface area contributed by atoms with Crippen LogP contribution in [0, 0.1) is 0 Å². The monoisotopic (exact) mass is 220 g/mol. The topological polar surface area (TPSA) is 41.1 Å². The highest BCUT2D eigenvalue weighted by molar-refractivity contribution is 5.81. The molecular formula is C13H20N2O. The maximum Gasteiger partial charge on any atom is 0.237 e. The highest BCUT2D eigenvalue weighted by atomic mass is 16.2. The second-order valence-electron chi connectivity index (χ2n) is 4.18. The molecule has 3 heteroatoms. The van der Waals surface area contributed by atoms with Crippen LogP contribution in [0.1, 0.15) is 19.4 Å². The van der Waals surface area contributed by atoms with Gasteiger partial charge in [-0.1, -0.05) is 44.2 Å². The lowest BCUT2D eigenvalue weighted by Crippen LogP contribution is -2.47. The Labute approximate surface area is 97.2 Å². The summed E-state index contributed by atoms with van der Waals surface area (Å²) >= 11 is 0. The van der Waals surface area contributed by atoms with E-state index in [4.69, 9.17) is 0 Å². The zero-order valence-electron chi connectivity index (χ0n) is 10.2. The lowest BCUT2D eigenvalue weighted by molar-refractivity contribution is -0.122. The maximum absolute atomic E-state index is 11.7. The Bertz CT molecular complexity index is 322. The summed E-state index contributed by atoms with van der Waals surface area (Å²) in [7, 11) is 1.67. The lowest BCUT2D eigenvalue weighted by atomic mass is 10.0. The van der Waals surface area contributed by atoms with Gasteiger partial charge in [0.2, 0.25) is 5.91 Å². The summed E-state index contributed by atoms with van der Waals surface area (Å²) in [5, 5.41) is 5.96. The van der Waals surface area contributed by atoms with Crippen molar-refractivity contribution < 1.29 is 4.79 Å². The van der Waals surface area contributed by atoms with Crippen LogP contribution in [-0.4, -0.2) is 25.0 Å². The molecule has 0 spiro atoms. The summed E-state index contributed by atoms with van der Waals surface area (Å²) in [6.07, 6.45) is 0.721. The molecule has 0 heterocycles. The average Bonchev–Trinajstić information content (AvgIpc) is 2.28. The van der Waals surface area contributed by atoms with E-state index in [-0.39, 0.29) is 11.9 Å². The van der Waals surface area contributed by atoms with Crippen LogP contribution in [-0.2, 0) is 11.2 Å². The number of carbonyl (C=O) groups is 1. The second-order valence-corrected chi connectivity index (χ2v) is 4.18. The van der Waals surface area contributed by atoms with Gasteiger partial charge in [-0.05, 0) is 12.0 Å². The molecule has 0 saturated heterocycles. The molecule has 0 aliphatic heterocycles. The number of amides is 1. The highest BCUT2D eigenvalue weighted by Crippen LogP contribution is 2.04. The molecule has 88 valence electrons. The van der Waals surface area contributed by atoms with E-state index in [2.05, 4.69) is 10.6 Å². The molecule has 0 radical (unpaired) electrons. The van der Waals surface area contributed by atoms with Gasteiger partial charge in [0.05, 0.1) is 6.04 Å². The van der Waals surface area contributed by atoms with Gasteiger partial charge in [-0.2, -0.15) is 0 Å². The fourth-order valence-corrected chi connectivity index (χ4v) is 1.65. The van der Waals surface area contributed by atoms with E-state index in [9.17, 15) is 4.79 Å². The fraction of sp³-hybridized carbons (Fsp3) is 0.462. The van der Waals surface area contributed by atoms with Crippen LogP contribution in [0.4, 0.5) is 0 Å². The quantitative estimate of drug-likeness (QED) is 0.786. The van der Waals surface area contributed by atoms with Crippen molar-refractivity contribution >= 4 is 5.91 Å². The molecule has 3 nitrogen and oxygen atoms in total. The van der Waals surface area contributed by atoms with Crippen molar-refractivity contribution in [3.05, 3.63) is 35.9 Å². The SMILES string of the molecule is CNC(=O)[C@H](Cc1ccccc1)NC(C)C. The zero-order valence-corrected chi connectivity index (χ0v) is 10.2. The van der Waals surface area contributed by atoms with Gasteiger partial charge in [0.25, 0.3) is 0 Å². The van der Waals surface area contributed by atoms with Crippen molar-refractivity contribution in [1.29, 1.82) is 0 Å². The van der Waals surface area contributed by atoms with Crippen LogP contribution < -0.4 is 10.6 Å². The van der Waals surface area contributed by atoms with Crippen molar-refractivity contribution in [2.75, 3.05) is 7.05 Å². The van der Waals surface area contributed by atoms with E-state index in [1.54, 1.807) is 7.05 Å². The molecule has 0 aromatic heterocycles. The first-order valence-electron chi connectivity index (χ1n) is 5.65. The zero-order chi connectivity index (χ0) is 12.0. The Balaban J connectivity index is 2.67. The Morgan fingerprint density at radius 1 is 1.25 bits per heavy atom. The third-order valence-corrected chi connectivity index (χ3v) is 2.38. The minimum atomic E-state index is -0.160. The van der Waals surface area contributed by atoms with Gasteiger partial charge in [0.15, 0.2) is 0 Å². The minimum absolute atomic E-state index is 0.0394. The first-order valence-corrected chi connectivity index (χ1v) is 5.65. The van der Waals surface area contributed by atoms with Gasteiger partial charge in [0.1, 0.15) is 0 Å². The predicted octanol–water partition coefficient (Wildman–Crippen LogP) is 1.34. The molecule has 1 aromatic carbocycles. The van der Waals surface area contributed by atoms with E-state index in [0.717, 1.165) is 6.42 Å². The third-order valence-electron chi connectivity index (χ3n) is 2.38. The Kier molecular flexibility index (Phi) is 4.99. The second kappa shape index (κ2) is 6.28. The molecule has 0 aliphatic rings. The van der Waals surface area contributed by atoms with Crippen LogP contribution in [0.3, 0.4) is 0 Å². The summed E-state index contributed by atoms with van der Waals surface area (Å²) in [6.45, 7) is 4.09. The van der Waals surface area contributed by atoms with Gasteiger partial charge >= 0.3 is 0 Å². The third kappa shape index (κ3) is 4.03. The molecule has 1 rings (SSSR count). The molecule has 1 atom stereocenters. The molecular weight excluding hydrogens is 200 g/mol. The molecule has 0 saturated carbocycles. The molecule has 0 unspecified atom stereocenters. The van der Waals surface area contributed by atoms with Crippen molar-refractivity contribution in [3.63, 3.8) is 0 Å². The number of benzene rings is 1. The summed E-state index contributed by atoms with van der Waals surface area (Å²) in [4.78, 5) is 11.7. The normalized spacial score (nSPS) is 12.5. The van der Waals surface area contributed by atoms with Crippen molar-refractivity contribution in [2.24, 2.45) is 0 Å². The van der Waals surface area contributed by atoms with Crippen LogP contribution >= 0.6 is 0 Å². The molecule has 0 fully saturated rings. The number of carbonyl (C=O) groups excluding carboxylic acids is 1. The van der Waals surface area contributed by atoms with Gasteiger partial charge in [-0.15, -0.1) is 0 Å². The first kappa shape index (κ1) is 12.7. The molecule has 16 heavy (non-hydrogen) atoms. The van der Waals surface area contributed by atoms with Gasteiger partial charge in [-0.3, -0.25) is 4.79 Å². The highest BCUT2D eigenvalue weighted by Gasteiger charge is 2.17. The first-order chi connectivity index (χ1) is 7.63. The van der Waals surface area contributed by atoms with E-state index >= 15 is 0 Å². The van der Waals surface area contributed by atoms with Crippen LogP contribution in [0.15, 0.2) is 30.3 Å². The van der Waals surface area contributed by atoms with Crippen LogP contribution in [0.5, 0.6) is 0 Å². The Morgan fingerprint density at radius 2 is 1.88 bits per heavy atom. The average molecular weight is 220 g/mol. The molecule has 2 N–H and O–H groups in total. The van der Waals surface area contributed by atoms with E-state index < -0.39 is 0 Å². The Hall–Kier alpha value is -1.35. The predicted molar refractivity (Wildman–Crippen MR) is 66.3 cm³/mol. The van der Waals surface area contributed by atoms with Crippen LogP contribution in [0.2, 0.25) is 0 Å². The molecule has 0 bridgehead atoms. The summed E-state index contributed by atoms with van der Waals surface area (Å²) < 4.78 is 0. The van der Waals surface area contributed by atoms with E-state index in [1.807, 2.05) is 44.2 Å². The van der Waals surface area contributed by atoms with Crippen LogP contribution in [0.25, 0.3) is 0 Å². The van der Waals surface area contributed by atoms with Crippen molar-refractivity contribution in [2.45, 2.75) is 32.4 Å². The molecule has 1 amide bonds. The smallest absolute Gasteiger partial charge is 0.237 e. The number of rotatable bonds is 5. The standard InChI is InChI=1S/C13H20N2O/c1-10(2)15-12(13(16)14-3)9-11-7-5-4-6-8-11/h4-8,10,12,15H,9H2,1-3H3,(H,14,16)/t12-/m0/s1. The number of hydrogen-bond donors (Lipinski definition) is 2. The van der Waals surface area contributed by atoms with Crippen molar-refractivity contribution in [3.8, 4) is 0 Å². The molecule has 1 aromatic rings. The largest absolute Gasteiger partial charge is 0.358 e. The van der Waals surface area contributed by atoms with Gasteiger partial charge < -0.3 is 10.6 Å². The summed E-state index contributed by atoms with van der Waals surface area (Å²) in [5.41, 5.74) is 1.17. The van der Waals surface area contributed by atoms with E-state index in [0.29, 0.717) is 6.04 Å². The minimum Gasteiger partial charge on any atom is -0.358 e. The number of nitrogens with one attached hydrogen (secondary N) is 2. The number of likely N-dealkylation sites (N-methyl/N-ethyl adjacent to an activating group) is 1. The maximum atomic E-state index is 11.7. The van der Waals surface area contributed by atoms with Crippen molar-refractivity contribution in [1.82, 2.24) is 10.6 Å². The number of hydrogen-bond acceptors (Lipinski definition) is 2. The fourth-order valence-electron chi connectivity index (χ4n) is 1.65. The lowest BCUT2D eigenvalue weighted by Gasteiger charge is -2.19. The van der Waals surface area contributed by atoms with E-state index in [1.165, 1.54) is 5.56 Å².